The van der Waals surface area contributed by atoms with Crippen molar-refractivity contribution in [2.75, 3.05) is 13.1 Å². The molecule has 1 atom stereocenters. The Balaban J connectivity index is 1.52. The number of hydrogen-bond acceptors (Lipinski definition) is 3. The zero-order valence-electron chi connectivity index (χ0n) is 16.0. The SMILES string of the molecule is CC(C)Cc1ccc(CN2CCCC(NC(=O)C3(C(N)=O)CC3)C2)cc1. The van der Waals surface area contributed by atoms with Crippen molar-refractivity contribution in [2.45, 2.75) is 58.5 Å². The molecule has 1 saturated heterocycles. The number of carbonyl (C=O) groups excluding carboxylic acids is 2. The summed E-state index contributed by atoms with van der Waals surface area (Å²) in [5, 5.41) is 3.07. The Kier molecular flexibility index (Phi) is 5.66. The van der Waals surface area contributed by atoms with Crippen LogP contribution in [0.3, 0.4) is 0 Å². The third-order valence-electron chi connectivity index (χ3n) is 5.57. The Labute approximate surface area is 156 Å². The van der Waals surface area contributed by atoms with Gasteiger partial charge in [0.2, 0.25) is 11.8 Å². The summed E-state index contributed by atoms with van der Waals surface area (Å²) >= 11 is 0. The van der Waals surface area contributed by atoms with E-state index in [9.17, 15) is 9.59 Å². The Bertz CT molecular complexity index is 650. The van der Waals surface area contributed by atoms with E-state index in [1.165, 1.54) is 11.1 Å². The van der Waals surface area contributed by atoms with E-state index in [4.69, 9.17) is 5.73 Å². The van der Waals surface area contributed by atoms with Crippen LogP contribution in [0.1, 0.15) is 50.7 Å². The minimum absolute atomic E-state index is 0.105. The number of carbonyl (C=O) groups is 2. The van der Waals surface area contributed by atoms with E-state index < -0.39 is 11.3 Å². The second kappa shape index (κ2) is 7.78. The molecule has 1 aromatic carbocycles. The molecule has 0 spiro atoms. The minimum Gasteiger partial charge on any atom is -0.369 e. The quantitative estimate of drug-likeness (QED) is 0.735. The molecule has 1 aliphatic heterocycles. The minimum atomic E-state index is -0.922. The van der Waals surface area contributed by atoms with Crippen LogP contribution < -0.4 is 11.1 Å². The van der Waals surface area contributed by atoms with Gasteiger partial charge in [0.25, 0.3) is 0 Å². The number of benzene rings is 1. The van der Waals surface area contributed by atoms with E-state index in [0.717, 1.165) is 38.9 Å². The summed E-state index contributed by atoms with van der Waals surface area (Å²) in [7, 11) is 0. The number of piperidine rings is 1. The van der Waals surface area contributed by atoms with Crippen LogP contribution in [0.15, 0.2) is 24.3 Å². The normalized spacial score (nSPS) is 22.2. The summed E-state index contributed by atoms with van der Waals surface area (Å²) in [5.74, 6) is 0.0153. The van der Waals surface area contributed by atoms with Gasteiger partial charge >= 0.3 is 0 Å². The molecule has 2 amide bonds. The average Bonchev–Trinajstić information content (AvgIpc) is 3.38. The van der Waals surface area contributed by atoms with Gasteiger partial charge in [0.15, 0.2) is 0 Å². The van der Waals surface area contributed by atoms with E-state index in [2.05, 4.69) is 48.3 Å². The molecule has 1 aliphatic carbocycles. The second-order valence-corrected chi connectivity index (χ2v) is 8.41. The second-order valence-electron chi connectivity index (χ2n) is 8.41. The van der Waals surface area contributed by atoms with Crippen molar-refractivity contribution >= 4 is 11.8 Å². The Morgan fingerprint density at radius 2 is 1.88 bits per heavy atom. The molecule has 3 N–H and O–H groups in total. The summed E-state index contributed by atoms with van der Waals surface area (Å²) in [4.78, 5) is 26.3. The van der Waals surface area contributed by atoms with Gasteiger partial charge in [-0.1, -0.05) is 38.1 Å². The first-order valence-electron chi connectivity index (χ1n) is 9.80. The van der Waals surface area contributed by atoms with Crippen molar-refractivity contribution in [3.8, 4) is 0 Å². The molecule has 3 rings (SSSR count). The molecule has 1 unspecified atom stereocenters. The van der Waals surface area contributed by atoms with Gasteiger partial charge in [0.1, 0.15) is 5.41 Å². The van der Waals surface area contributed by atoms with Crippen molar-refractivity contribution < 1.29 is 9.59 Å². The molecular weight excluding hydrogens is 326 g/mol. The topological polar surface area (TPSA) is 75.4 Å². The van der Waals surface area contributed by atoms with E-state index in [-0.39, 0.29) is 11.9 Å². The number of nitrogens with zero attached hydrogens (tertiary/aromatic N) is 1. The van der Waals surface area contributed by atoms with E-state index in [1.807, 2.05) is 0 Å². The fraction of sp³-hybridized carbons (Fsp3) is 0.619. The highest BCUT2D eigenvalue weighted by atomic mass is 16.2. The van der Waals surface area contributed by atoms with Gasteiger partial charge in [-0.05, 0) is 55.7 Å². The molecule has 0 radical (unpaired) electrons. The van der Waals surface area contributed by atoms with Gasteiger partial charge in [-0.2, -0.15) is 0 Å². The lowest BCUT2D eigenvalue weighted by Crippen LogP contribution is -2.51. The molecule has 0 bridgehead atoms. The molecule has 1 aromatic rings. The third kappa shape index (κ3) is 4.44. The predicted octanol–water partition coefficient (Wildman–Crippen LogP) is 2.23. The number of nitrogens with one attached hydrogen (secondary N) is 1. The predicted molar refractivity (Wildman–Crippen MR) is 102 cm³/mol. The Hall–Kier alpha value is -1.88. The van der Waals surface area contributed by atoms with Gasteiger partial charge in [0.05, 0.1) is 0 Å². The maximum atomic E-state index is 12.4. The van der Waals surface area contributed by atoms with Crippen LogP contribution in [-0.4, -0.2) is 35.8 Å². The van der Waals surface area contributed by atoms with Crippen molar-refractivity contribution in [1.82, 2.24) is 10.2 Å². The van der Waals surface area contributed by atoms with Crippen molar-refractivity contribution in [3.63, 3.8) is 0 Å². The first-order chi connectivity index (χ1) is 12.4. The van der Waals surface area contributed by atoms with Crippen LogP contribution in [0.4, 0.5) is 0 Å². The number of hydrogen-bond donors (Lipinski definition) is 2. The van der Waals surface area contributed by atoms with Crippen LogP contribution in [-0.2, 0) is 22.6 Å². The zero-order chi connectivity index (χ0) is 18.7. The van der Waals surface area contributed by atoms with Gasteiger partial charge in [-0.25, -0.2) is 0 Å². The third-order valence-corrected chi connectivity index (χ3v) is 5.57. The van der Waals surface area contributed by atoms with Gasteiger partial charge in [-0.3, -0.25) is 14.5 Å². The van der Waals surface area contributed by atoms with Crippen molar-refractivity contribution in [1.29, 1.82) is 0 Å². The van der Waals surface area contributed by atoms with Crippen molar-refractivity contribution in [3.05, 3.63) is 35.4 Å². The van der Waals surface area contributed by atoms with E-state index in [0.29, 0.717) is 18.8 Å². The summed E-state index contributed by atoms with van der Waals surface area (Å²) in [6.07, 6.45) is 4.31. The maximum absolute atomic E-state index is 12.4. The molecule has 142 valence electrons. The van der Waals surface area contributed by atoms with Crippen LogP contribution in [0.2, 0.25) is 0 Å². The maximum Gasteiger partial charge on any atom is 0.235 e. The first kappa shape index (κ1) is 18.9. The summed E-state index contributed by atoms with van der Waals surface area (Å²) in [5.41, 5.74) is 7.17. The number of primary amides is 1. The fourth-order valence-electron chi connectivity index (χ4n) is 3.86. The van der Waals surface area contributed by atoms with Gasteiger partial charge in [-0.15, -0.1) is 0 Å². The van der Waals surface area contributed by atoms with E-state index in [1.54, 1.807) is 0 Å². The summed E-state index contributed by atoms with van der Waals surface area (Å²) in [6, 6.07) is 8.98. The molecule has 0 aromatic heterocycles. The average molecular weight is 357 g/mol. The lowest BCUT2D eigenvalue weighted by Gasteiger charge is -2.33. The first-order valence-corrected chi connectivity index (χ1v) is 9.80. The zero-order valence-corrected chi connectivity index (χ0v) is 16.0. The highest BCUT2D eigenvalue weighted by Crippen LogP contribution is 2.45. The lowest BCUT2D eigenvalue weighted by molar-refractivity contribution is -0.136. The molecule has 2 fully saturated rings. The van der Waals surface area contributed by atoms with Gasteiger partial charge < -0.3 is 11.1 Å². The van der Waals surface area contributed by atoms with Crippen LogP contribution in [0.25, 0.3) is 0 Å². The number of nitrogens with two attached hydrogens (primary N) is 1. The Morgan fingerprint density at radius 1 is 1.23 bits per heavy atom. The summed E-state index contributed by atoms with van der Waals surface area (Å²) in [6.45, 7) is 7.24. The molecule has 5 heteroatoms. The monoisotopic (exact) mass is 357 g/mol. The molecule has 5 nitrogen and oxygen atoms in total. The molecule has 1 heterocycles. The number of likely N-dealkylation sites (tertiary alicyclic amines) is 1. The Morgan fingerprint density at radius 3 is 2.46 bits per heavy atom. The highest BCUT2D eigenvalue weighted by Gasteiger charge is 2.55. The smallest absolute Gasteiger partial charge is 0.235 e. The lowest BCUT2D eigenvalue weighted by atomic mass is 10.00. The highest BCUT2D eigenvalue weighted by molar-refractivity contribution is 6.07. The largest absolute Gasteiger partial charge is 0.369 e. The standard InChI is InChI=1S/C21H31N3O2/c1-15(2)12-16-5-7-17(8-6-16)13-24-11-3-4-18(14-24)23-20(26)21(9-10-21)19(22)25/h5-8,15,18H,3-4,9-14H2,1-2H3,(H2,22,25)(H,23,26). The number of rotatable bonds is 7. The van der Waals surface area contributed by atoms with Crippen LogP contribution in [0, 0.1) is 11.3 Å². The van der Waals surface area contributed by atoms with Gasteiger partial charge in [0, 0.05) is 19.1 Å². The van der Waals surface area contributed by atoms with Crippen LogP contribution >= 0.6 is 0 Å². The fourth-order valence-corrected chi connectivity index (χ4v) is 3.86. The van der Waals surface area contributed by atoms with E-state index >= 15 is 0 Å². The number of amides is 2. The van der Waals surface area contributed by atoms with Crippen molar-refractivity contribution in [2.24, 2.45) is 17.1 Å². The molecule has 1 saturated carbocycles. The van der Waals surface area contributed by atoms with Crippen LogP contribution in [0.5, 0.6) is 0 Å². The molecule has 26 heavy (non-hydrogen) atoms. The summed E-state index contributed by atoms with van der Waals surface area (Å²) < 4.78 is 0. The molecule has 2 aliphatic rings. The molecular formula is C21H31N3O2.